The highest BCUT2D eigenvalue weighted by atomic mass is 32.2. The number of carbonyl (C=O) groups excluding carboxylic acids is 1. The molecule has 6 nitrogen and oxygen atoms in total. The first kappa shape index (κ1) is 15.8. The molecular formula is C15H15NO5S. The number of hydrogen-bond donors (Lipinski definition) is 1. The molecule has 0 aromatic heterocycles. The maximum absolute atomic E-state index is 12.4. The largest absolute Gasteiger partial charge is 0.497 e. The van der Waals surface area contributed by atoms with E-state index in [2.05, 4.69) is 9.46 Å². The van der Waals surface area contributed by atoms with E-state index in [1.165, 1.54) is 38.5 Å². The van der Waals surface area contributed by atoms with Crippen LogP contribution in [0.2, 0.25) is 0 Å². The predicted octanol–water partition coefficient (Wildman–Crippen LogP) is 2.28. The lowest BCUT2D eigenvalue weighted by Gasteiger charge is -2.12. The van der Waals surface area contributed by atoms with E-state index in [9.17, 15) is 13.2 Å². The van der Waals surface area contributed by atoms with Crippen molar-refractivity contribution < 1.29 is 22.7 Å². The summed E-state index contributed by atoms with van der Waals surface area (Å²) in [4.78, 5) is 11.7. The summed E-state index contributed by atoms with van der Waals surface area (Å²) in [5, 5.41) is 0. The van der Waals surface area contributed by atoms with Gasteiger partial charge < -0.3 is 9.47 Å². The van der Waals surface area contributed by atoms with Crippen LogP contribution in [0.5, 0.6) is 5.75 Å². The molecular weight excluding hydrogens is 306 g/mol. The Labute approximate surface area is 128 Å². The minimum atomic E-state index is -3.85. The zero-order chi connectivity index (χ0) is 16.2. The third-order valence-electron chi connectivity index (χ3n) is 2.93. The van der Waals surface area contributed by atoms with Crippen molar-refractivity contribution in [3.8, 4) is 5.75 Å². The first-order chi connectivity index (χ1) is 10.5. The fourth-order valence-corrected chi connectivity index (χ4v) is 2.95. The number of rotatable bonds is 5. The fourth-order valence-electron chi connectivity index (χ4n) is 1.83. The van der Waals surface area contributed by atoms with Crippen molar-refractivity contribution in [3.05, 3.63) is 54.1 Å². The molecule has 1 N–H and O–H groups in total. The fraction of sp³-hybridized carbons (Fsp3) is 0.133. The van der Waals surface area contributed by atoms with Gasteiger partial charge in [-0.25, -0.2) is 13.2 Å². The van der Waals surface area contributed by atoms with Crippen LogP contribution in [-0.4, -0.2) is 28.6 Å². The van der Waals surface area contributed by atoms with Gasteiger partial charge in [0, 0.05) is 6.07 Å². The highest BCUT2D eigenvalue weighted by molar-refractivity contribution is 7.92. The molecule has 116 valence electrons. The molecule has 0 aliphatic carbocycles. The molecule has 0 aliphatic heterocycles. The summed E-state index contributed by atoms with van der Waals surface area (Å²) >= 11 is 0. The standard InChI is InChI=1S/C15H15NO5S/c1-20-11-6-5-7-12(10-11)22(18,19)16-14-9-4-3-8-13(14)15(17)21-2/h3-10,16H,1-2H3. The van der Waals surface area contributed by atoms with Gasteiger partial charge in [-0.2, -0.15) is 0 Å². The van der Waals surface area contributed by atoms with Crippen molar-refractivity contribution in [1.29, 1.82) is 0 Å². The molecule has 0 spiro atoms. The minimum Gasteiger partial charge on any atom is -0.497 e. The number of para-hydroxylation sites is 1. The van der Waals surface area contributed by atoms with Gasteiger partial charge in [-0.05, 0) is 24.3 Å². The van der Waals surface area contributed by atoms with Crippen LogP contribution in [0.3, 0.4) is 0 Å². The Morgan fingerprint density at radius 1 is 1.05 bits per heavy atom. The highest BCUT2D eigenvalue weighted by Crippen LogP contribution is 2.23. The number of ether oxygens (including phenoxy) is 2. The summed E-state index contributed by atoms with van der Waals surface area (Å²) in [7, 11) is -1.17. The van der Waals surface area contributed by atoms with Gasteiger partial charge in [0.05, 0.1) is 30.4 Å². The normalized spacial score (nSPS) is 10.8. The smallest absolute Gasteiger partial charge is 0.339 e. The number of nitrogens with one attached hydrogen (secondary N) is 1. The van der Waals surface area contributed by atoms with E-state index in [0.717, 1.165) is 0 Å². The number of methoxy groups -OCH3 is 2. The van der Waals surface area contributed by atoms with E-state index in [1.807, 2.05) is 0 Å². The average molecular weight is 321 g/mol. The van der Waals surface area contributed by atoms with Crippen LogP contribution in [0.25, 0.3) is 0 Å². The summed E-state index contributed by atoms with van der Waals surface area (Å²) in [5.74, 6) is -0.201. The van der Waals surface area contributed by atoms with Gasteiger partial charge in [-0.1, -0.05) is 18.2 Å². The number of benzene rings is 2. The first-order valence-corrected chi connectivity index (χ1v) is 7.80. The Morgan fingerprint density at radius 2 is 1.77 bits per heavy atom. The monoisotopic (exact) mass is 321 g/mol. The van der Waals surface area contributed by atoms with E-state index in [0.29, 0.717) is 5.75 Å². The second kappa shape index (κ2) is 6.48. The van der Waals surface area contributed by atoms with Crippen LogP contribution in [-0.2, 0) is 14.8 Å². The van der Waals surface area contributed by atoms with Gasteiger partial charge in [-0.15, -0.1) is 0 Å². The van der Waals surface area contributed by atoms with E-state index in [4.69, 9.17) is 4.74 Å². The van der Waals surface area contributed by atoms with Crippen molar-refractivity contribution in [3.63, 3.8) is 0 Å². The Hall–Kier alpha value is -2.54. The molecule has 0 saturated carbocycles. The molecule has 0 aliphatic rings. The van der Waals surface area contributed by atoms with Gasteiger partial charge in [0.2, 0.25) is 0 Å². The predicted molar refractivity (Wildman–Crippen MR) is 81.6 cm³/mol. The molecule has 0 amide bonds. The van der Waals surface area contributed by atoms with Crippen molar-refractivity contribution in [1.82, 2.24) is 0 Å². The number of sulfonamides is 1. The molecule has 0 fully saturated rings. The number of carbonyl (C=O) groups is 1. The Morgan fingerprint density at radius 3 is 2.45 bits per heavy atom. The number of anilines is 1. The van der Waals surface area contributed by atoms with E-state index in [1.54, 1.807) is 24.3 Å². The lowest BCUT2D eigenvalue weighted by molar-refractivity contribution is 0.0602. The van der Waals surface area contributed by atoms with Crippen LogP contribution in [0.1, 0.15) is 10.4 Å². The van der Waals surface area contributed by atoms with Crippen LogP contribution < -0.4 is 9.46 Å². The van der Waals surface area contributed by atoms with Crippen molar-refractivity contribution in [2.45, 2.75) is 4.90 Å². The zero-order valence-corrected chi connectivity index (χ0v) is 12.9. The number of esters is 1. The average Bonchev–Trinajstić information content (AvgIpc) is 2.54. The third kappa shape index (κ3) is 3.37. The summed E-state index contributed by atoms with van der Waals surface area (Å²) in [6.45, 7) is 0. The van der Waals surface area contributed by atoms with Crippen molar-refractivity contribution in [2.24, 2.45) is 0 Å². The second-order valence-electron chi connectivity index (χ2n) is 4.32. The molecule has 2 rings (SSSR count). The molecule has 22 heavy (non-hydrogen) atoms. The van der Waals surface area contributed by atoms with Gasteiger partial charge in [0.15, 0.2) is 0 Å². The maximum Gasteiger partial charge on any atom is 0.339 e. The van der Waals surface area contributed by atoms with Crippen LogP contribution >= 0.6 is 0 Å². The lowest BCUT2D eigenvalue weighted by Crippen LogP contribution is -2.16. The SMILES string of the molecule is COC(=O)c1ccccc1NS(=O)(=O)c1cccc(OC)c1. The number of hydrogen-bond acceptors (Lipinski definition) is 5. The second-order valence-corrected chi connectivity index (χ2v) is 6.00. The molecule has 2 aromatic carbocycles. The lowest BCUT2D eigenvalue weighted by atomic mass is 10.2. The molecule has 0 saturated heterocycles. The zero-order valence-electron chi connectivity index (χ0n) is 12.1. The molecule has 0 radical (unpaired) electrons. The van der Waals surface area contributed by atoms with Crippen LogP contribution in [0.15, 0.2) is 53.4 Å². The van der Waals surface area contributed by atoms with E-state index in [-0.39, 0.29) is 16.1 Å². The van der Waals surface area contributed by atoms with Gasteiger partial charge >= 0.3 is 5.97 Å². The molecule has 2 aromatic rings. The Kier molecular flexibility index (Phi) is 4.67. The molecule has 7 heteroatoms. The quantitative estimate of drug-likeness (QED) is 0.854. The summed E-state index contributed by atoms with van der Waals surface area (Å²) in [6, 6.07) is 12.3. The highest BCUT2D eigenvalue weighted by Gasteiger charge is 2.19. The van der Waals surface area contributed by atoms with E-state index < -0.39 is 16.0 Å². The van der Waals surface area contributed by atoms with Crippen LogP contribution in [0, 0.1) is 0 Å². The van der Waals surface area contributed by atoms with Gasteiger partial charge in [-0.3, -0.25) is 4.72 Å². The summed E-state index contributed by atoms with van der Waals surface area (Å²) < 4.78 is 36.9. The van der Waals surface area contributed by atoms with Crippen molar-refractivity contribution in [2.75, 3.05) is 18.9 Å². The summed E-state index contributed by atoms with van der Waals surface area (Å²) in [5.41, 5.74) is 0.286. The maximum atomic E-state index is 12.4. The first-order valence-electron chi connectivity index (χ1n) is 6.32. The topological polar surface area (TPSA) is 81.7 Å². The van der Waals surface area contributed by atoms with Crippen molar-refractivity contribution >= 4 is 21.7 Å². The third-order valence-corrected chi connectivity index (χ3v) is 4.29. The molecule has 0 unspecified atom stereocenters. The molecule has 0 atom stereocenters. The minimum absolute atomic E-state index is 0.0338. The Bertz CT molecular complexity index is 786. The van der Waals surface area contributed by atoms with Gasteiger partial charge in [0.1, 0.15) is 5.75 Å². The molecule has 0 bridgehead atoms. The Balaban J connectivity index is 2.39. The van der Waals surface area contributed by atoms with E-state index >= 15 is 0 Å². The van der Waals surface area contributed by atoms with Crippen LogP contribution in [0.4, 0.5) is 5.69 Å². The summed E-state index contributed by atoms with van der Waals surface area (Å²) in [6.07, 6.45) is 0. The molecule has 0 heterocycles. The van der Waals surface area contributed by atoms with Gasteiger partial charge in [0.25, 0.3) is 10.0 Å².